The van der Waals surface area contributed by atoms with Gasteiger partial charge in [-0.25, -0.2) is 23.6 Å². The monoisotopic (exact) mass is 248 g/mol. The molecule has 1 rings (SSSR count). The van der Waals surface area contributed by atoms with Crippen LogP contribution in [-0.2, 0) is 10.9 Å². The summed E-state index contributed by atoms with van der Waals surface area (Å²) >= 11 is 0. The Morgan fingerprint density at radius 3 is 2.81 bits per heavy atom. The number of hydrogen-bond donors (Lipinski definition) is 2. The molecule has 0 aromatic rings. The number of hydrogen-bond acceptors (Lipinski definition) is 4. The quantitative estimate of drug-likeness (QED) is 0.668. The maximum atomic E-state index is 11.4. The van der Waals surface area contributed by atoms with Crippen molar-refractivity contribution in [3.63, 3.8) is 0 Å². The fourth-order valence-corrected chi connectivity index (χ4v) is 1.93. The van der Waals surface area contributed by atoms with Crippen LogP contribution < -0.4 is 5.43 Å². The molecule has 0 saturated heterocycles. The summed E-state index contributed by atoms with van der Waals surface area (Å²) in [6.07, 6.45) is 1.57. The third kappa shape index (κ3) is 3.17. The van der Waals surface area contributed by atoms with Crippen molar-refractivity contribution in [2.45, 2.75) is 26.7 Å². The van der Waals surface area contributed by atoms with E-state index in [2.05, 4.69) is 10.5 Å². The molecular formula is C8H16N4O3S. The van der Waals surface area contributed by atoms with Crippen LogP contribution in [0, 0.1) is 0 Å². The fourth-order valence-electron chi connectivity index (χ4n) is 1.30. The van der Waals surface area contributed by atoms with E-state index >= 15 is 0 Å². The van der Waals surface area contributed by atoms with E-state index in [1.807, 2.05) is 6.92 Å². The van der Waals surface area contributed by atoms with Gasteiger partial charge in [0.05, 0.1) is 12.3 Å². The van der Waals surface area contributed by atoms with Crippen LogP contribution in [0.1, 0.15) is 26.7 Å². The van der Waals surface area contributed by atoms with E-state index in [1.165, 1.54) is 0 Å². The van der Waals surface area contributed by atoms with Crippen molar-refractivity contribution in [1.82, 2.24) is 14.8 Å². The molecule has 0 radical (unpaired) electrons. The Hall–Kier alpha value is -1.15. The second kappa shape index (κ2) is 5.80. The van der Waals surface area contributed by atoms with Gasteiger partial charge in [0, 0.05) is 6.54 Å². The number of urea groups is 1. The first-order chi connectivity index (χ1) is 7.56. The molecule has 7 nitrogen and oxygen atoms in total. The minimum Gasteiger partial charge on any atom is -0.245 e. The lowest BCUT2D eigenvalue weighted by molar-refractivity contribution is 0.103. The highest BCUT2D eigenvalue weighted by Gasteiger charge is 2.26. The molecule has 0 unspecified atom stereocenters. The fraction of sp³-hybridized carbons (Fsp3) is 0.750. The van der Waals surface area contributed by atoms with Gasteiger partial charge in [0.1, 0.15) is 0 Å². The number of unbranched alkanes of at least 4 members (excludes halogenated alkanes) is 1. The van der Waals surface area contributed by atoms with Crippen LogP contribution >= 0.6 is 0 Å². The number of nitrogens with one attached hydrogen (secondary N) is 1. The largest absolute Gasteiger partial charge is 0.353 e. The Bertz CT molecular complexity index is 358. The SMILES string of the molecule is CCCCN(N1CC(C)=NNC1=O)[SH](=O)=O. The summed E-state index contributed by atoms with van der Waals surface area (Å²) in [4.78, 5) is 11.4. The number of thiol groups is 1. The molecule has 0 aliphatic carbocycles. The van der Waals surface area contributed by atoms with Crippen LogP contribution in [0.15, 0.2) is 5.10 Å². The molecule has 0 atom stereocenters. The van der Waals surface area contributed by atoms with Gasteiger partial charge in [0.25, 0.3) is 0 Å². The molecule has 2 amide bonds. The molecule has 0 bridgehead atoms. The summed E-state index contributed by atoms with van der Waals surface area (Å²) in [5.74, 6) is 0. The Morgan fingerprint density at radius 1 is 1.56 bits per heavy atom. The number of hydrazine groups is 1. The normalized spacial score (nSPS) is 16.6. The minimum atomic E-state index is -2.80. The average molecular weight is 248 g/mol. The zero-order valence-electron chi connectivity index (χ0n) is 9.34. The number of nitrogens with zero attached hydrogens (tertiary/aromatic N) is 3. The number of amides is 2. The molecule has 1 N–H and O–H groups in total. The van der Waals surface area contributed by atoms with Gasteiger partial charge in [-0.15, -0.1) is 4.41 Å². The molecule has 16 heavy (non-hydrogen) atoms. The van der Waals surface area contributed by atoms with E-state index in [-0.39, 0.29) is 6.54 Å². The van der Waals surface area contributed by atoms with Crippen LogP contribution in [0.25, 0.3) is 0 Å². The standard InChI is InChI=1S/C8H16N4O3S/c1-3-4-5-12(16(14)15)11-6-7(2)9-10-8(11)13/h16H,3-6H2,1-2H3,(H,10,13). The second-order valence-corrected chi connectivity index (χ2v) is 4.45. The Morgan fingerprint density at radius 2 is 2.25 bits per heavy atom. The summed E-state index contributed by atoms with van der Waals surface area (Å²) in [5.41, 5.74) is 2.92. The maximum Gasteiger partial charge on any atom is 0.353 e. The highest BCUT2D eigenvalue weighted by atomic mass is 32.2. The number of carbonyl (C=O) groups excluding carboxylic acids is 1. The zero-order valence-corrected chi connectivity index (χ0v) is 10.2. The zero-order chi connectivity index (χ0) is 12.1. The van der Waals surface area contributed by atoms with Gasteiger partial charge in [-0.2, -0.15) is 5.10 Å². The first-order valence-electron chi connectivity index (χ1n) is 5.08. The molecule has 1 heterocycles. The molecule has 0 saturated carbocycles. The summed E-state index contributed by atoms with van der Waals surface area (Å²) in [6, 6.07) is -0.513. The van der Waals surface area contributed by atoms with E-state index < -0.39 is 16.9 Å². The number of hydrazone groups is 1. The lowest BCUT2D eigenvalue weighted by atomic mass is 10.3. The van der Waals surface area contributed by atoms with Crippen molar-refractivity contribution >= 4 is 22.6 Å². The molecule has 0 fully saturated rings. The molecule has 1 aliphatic heterocycles. The third-order valence-electron chi connectivity index (χ3n) is 2.13. The number of rotatable bonds is 5. The molecule has 1 aliphatic rings. The van der Waals surface area contributed by atoms with Crippen LogP contribution in [0.2, 0.25) is 0 Å². The van der Waals surface area contributed by atoms with Crippen LogP contribution in [0.5, 0.6) is 0 Å². The van der Waals surface area contributed by atoms with E-state index in [0.29, 0.717) is 18.7 Å². The first-order valence-corrected chi connectivity index (χ1v) is 6.21. The van der Waals surface area contributed by atoms with E-state index in [1.54, 1.807) is 6.92 Å². The summed E-state index contributed by atoms with van der Waals surface area (Å²) in [5, 5.41) is 4.89. The van der Waals surface area contributed by atoms with Crippen molar-refractivity contribution in [3.8, 4) is 0 Å². The third-order valence-corrected chi connectivity index (χ3v) is 2.93. The van der Waals surface area contributed by atoms with Crippen molar-refractivity contribution in [3.05, 3.63) is 0 Å². The van der Waals surface area contributed by atoms with E-state index in [4.69, 9.17) is 0 Å². The average Bonchev–Trinajstić information content (AvgIpc) is 2.23. The van der Waals surface area contributed by atoms with Crippen molar-refractivity contribution in [2.24, 2.45) is 5.10 Å². The molecule has 92 valence electrons. The van der Waals surface area contributed by atoms with Gasteiger partial charge >= 0.3 is 6.03 Å². The summed E-state index contributed by atoms with van der Waals surface area (Å²) < 4.78 is 23.2. The first kappa shape index (κ1) is 12.9. The van der Waals surface area contributed by atoms with Gasteiger partial charge in [0.15, 0.2) is 0 Å². The second-order valence-electron chi connectivity index (χ2n) is 3.51. The maximum absolute atomic E-state index is 11.4. The van der Waals surface area contributed by atoms with E-state index in [0.717, 1.165) is 15.8 Å². The Labute approximate surface area is 96.1 Å². The molecule has 0 spiro atoms. The van der Waals surface area contributed by atoms with Crippen LogP contribution in [0.4, 0.5) is 4.79 Å². The number of carbonyl (C=O) groups is 1. The Balaban J connectivity index is 2.77. The molecular weight excluding hydrogens is 232 g/mol. The summed E-state index contributed by atoms with van der Waals surface area (Å²) in [6.45, 7) is 4.20. The van der Waals surface area contributed by atoms with Crippen LogP contribution in [0.3, 0.4) is 0 Å². The predicted molar refractivity (Wildman–Crippen MR) is 60.3 cm³/mol. The van der Waals surface area contributed by atoms with Gasteiger partial charge < -0.3 is 0 Å². The Kier molecular flexibility index (Phi) is 4.69. The van der Waals surface area contributed by atoms with Gasteiger partial charge in [-0.1, -0.05) is 13.3 Å². The minimum absolute atomic E-state index is 0.207. The van der Waals surface area contributed by atoms with Gasteiger partial charge in [-0.05, 0) is 13.3 Å². The topological polar surface area (TPSA) is 82.1 Å². The van der Waals surface area contributed by atoms with Crippen molar-refractivity contribution in [1.29, 1.82) is 0 Å². The molecule has 0 aromatic carbocycles. The highest BCUT2D eigenvalue weighted by Crippen LogP contribution is 2.06. The van der Waals surface area contributed by atoms with Gasteiger partial charge in [0.2, 0.25) is 10.9 Å². The summed E-state index contributed by atoms with van der Waals surface area (Å²) in [7, 11) is -2.80. The van der Waals surface area contributed by atoms with E-state index in [9.17, 15) is 13.2 Å². The lowest BCUT2D eigenvalue weighted by Crippen LogP contribution is -2.54. The lowest BCUT2D eigenvalue weighted by Gasteiger charge is -2.31. The predicted octanol–water partition coefficient (Wildman–Crippen LogP) is -0.0690. The molecule has 0 aromatic heterocycles. The van der Waals surface area contributed by atoms with Crippen molar-refractivity contribution < 1.29 is 13.2 Å². The van der Waals surface area contributed by atoms with Crippen molar-refractivity contribution in [2.75, 3.05) is 13.1 Å². The van der Waals surface area contributed by atoms with Crippen LogP contribution in [-0.4, -0.2) is 42.7 Å². The highest BCUT2D eigenvalue weighted by molar-refractivity contribution is 7.69. The smallest absolute Gasteiger partial charge is 0.245 e. The molecule has 8 heteroatoms. The van der Waals surface area contributed by atoms with Gasteiger partial charge in [-0.3, -0.25) is 0 Å².